The van der Waals surface area contributed by atoms with Gasteiger partial charge in [0.1, 0.15) is 12.0 Å². The van der Waals surface area contributed by atoms with Crippen LogP contribution in [-0.2, 0) is 0 Å². The molecule has 1 unspecified atom stereocenters. The number of nitrogens with zero attached hydrogens (tertiary/aromatic N) is 5. The van der Waals surface area contributed by atoms with E-state index in [4.69, 9.17) is 15.0 Å². The SMILES string of the molecule is CN1C(c2ccccc2-c2nc3ccccc3c3c4ccccc4n(-c4ccccc4)c23)=NC(c2ccccc2)=NC1c1ccccc1. The summed E-state index contributed by atoms with van der Waals surface area (Å²) in [5.41, 5.74) is 9.28. The number of para-hydroxylation sites is 3. The second-order valence-electron chi connectivity index (χ2n) is 12.1. The lowest BCUT2D eigenvalue weighted by Crippen LogP contribution is -2.36. The molecule has 5 nitrogen and oxygen atoms in total. The number of rotatable bonds is 5. The van der Waals surface area contributed by atoms with Gasteiger partial charge in [-0.25, -0.2) is 15.0 Å². The van der Waals surface area contributed by atoms with E-state index in [1.807, 2.05) is 24.3 Å². The van der Waals surface area contributed by atoms with Crippen LogP contribution in [0.15, 0.2) is 174 Å². The lowest BCUT2D eigenvalue weighted by molar-refractivity contribution is 0.383. The molecular weight excluding hydrogens is 587 g/mol. The molecule has 8 aromatic rings. The number of hydrogen-bond donors (Lipinski definition) is 0. The highest BCUT2D eigenvalue weighted by Crippen LogP contribution is 2.42. The molecule has 1 aliphatic rings. The van der Waals surface area contributed by atoms with Gasteiger partial charge in [0.15, 0.2) is 5.84 Å². The van der Waals surface area contributed by atoms with Gasteiger partial charge in [-0.2, -0.15) is 0 Å². The van der Waals surface area contributed by atoms with E-state index < -0.39 is 0 Å². The van der Waals surface area contributed by atoms with Crippen molar-refractivity contribution in [3.05, 3.63) is 180 Å². The molecule has 6 aromatic carbocycles. The number of hydrogen-bond acceptors (Lipinski definition) is 4. The molecule has 1 atom stereocenters. The summed E-state index contributed by atoms with van der Waals surface area (Å²) in [5.74, 6) is 1.56. The fourth-order valence-corrected chi connectivity index (χ4v) is 7.04. The molecule has 0 spiro atoms. The van der Waals surface area contributed by atoms with Gasteiger partial charge in [0.25, 0.3) is 0 Å². The summed E-state index contributed by atoms with van der Waals surface area (Å²) in [7, 11) is 2.09. The molecule has 0 amide bonds. The summed E-state index contributed by atoms with van der Waals surface area (Å²) in [6.07, 6.45) is -0.248. The number of aliphatic imine (C=N–C) groups is 2. The van der Waals surface area contributed by atoms with Crippen molar-refractivity contribution < 1.29 is 0 Å². The van der Waals surface area contributed by atoms with Crippen LogP contribution in [-0.4, -0.2) is 33.2 Å². The van der Waals surface area contributed by atoms with Gasteiger partial charge in [0, 0.05) is 45.6 Å². The Hall–Kier alpha value is -6.33. The zero-order chi connectivity index (χ0) is 32.0. The van der Waals surface area contributed by atoms with E-state index in [-0.39, 0.29) is 6.17 Å². The molecular formula is C43H31N5. The monoisotopic (exact) mass is 617 g/mol. The fourth-order valence-electron chi connectivity index (χ4n) is 7.04. The number of pyridine rings is 1. The molecule has 9 rings (SSSR count). The standard InChI is InChI=1S/C43H31N5/c1-47-42(30-19-7-3-8-20-30)45-41(29-17-5-2-6-18-29)46-43(47)33-24-12-11-23-32(33)39-40-38(34-25-13-15-27-36(34)44-39)35-26-14-16-28-37(35)48(40)31-21-9-4-10-22-31/h2-28,42H,1H3. The first kappa shape index (κ1) is 27.9. The number of amidine groups is 2. The number of aromatic nitrogens is 2. The van der Waals surface area contributed by atoms with E-state index >= 15 is 0 Å². The second kappa shape index (κ2) is 11.5. The van der Waals surface area contributed by atoms with Crippen LogP contribution in [0.2, 0.25) is 0 Å². The zero-order valence-electron chi connectivity index (χ0n) is 26.4. The number of fused-ring (bicyclic) bond motifs is 5. The molecule has 228 valence electrons. The maximum absolute atomic E-state index is 5.47. The summed E-state index contributed by atoms with van der Waals surface area (Å²) in [5, 5.41) is 3.52. The Balaban J connectivity index is 1.36. The fraction of sp³-hybridized carbons (Fsp3) is 0.0465. The van der Waals surface area contributed by atoms with Crippen molar-refractivity contribution >= 4 is 44.4 Å². The Morgan fingerprint density at radius 3 is 1.94 bits per heavy atom. The maximum Gasteiger partial charge on any atom is 0.159 e. The smallest absolute Gasteiger partial charge is 0.159 e. The van der Waals surface area contributed by atoms with Crippen LogP contribution in [0.5, 0.6) is 0 Å². The van der Waals surface area contributed by atoms with Crippen molar-refractivity contribution in [3.8, 4) is 16.9 Å². The average Bonchev–Trinajstić information content (AvgIpc) is 3.51. The summed E-state index contributed by atoms with van der Waals surface area (Å²) in [6, 6.07) is 57.0. The van der Waals surface area contributed by atoms with Gasteiger partial charge in [-0.1, -0.05) is 140 Å². The van der Waals surface area contributed by atoms with E-state index in [9.17, 15) is 0 Å². The number of benzene rings is 6. The van der Waals surface area contributed by atoms with Crippen LogP contribution in [0.25, 0.3) is 49.7 Å². The second-order valence-corrected chi connectivity index (χ2v) is 12.1. The highest BCUT2D eigenvalue weighted by molar-refractivity contribution is 6.24. The molecule has 48 heavy (non-hydrogen) atoms. The largest absolute Gasteiger partial charge is 0.333 e. The summed E-state index contributed by atoms with van der Waals surface area (Å²) in [4.78, 5) is 18.1. The highest BCUT2D eigenvalue weighted by atomic mass is 15.3. The molecule has 0 fully saturated rings. The van der Waals surface area contributed by atoms with Crippen molar-refractivity contribution in [2.45, 2.75) is 6.17 Å². The summed E-state index contributed by atoms with van der Waals surface area (Å²) < 4.78 is 2.37. The molecule has 0 N–H and O–H groups in total. The molecule has 0 saturated heterocycles. The van der Waals surface area contributed by atoms with Gasteiger partial charge in [-0.3, -0.25) is 0 Å². The van der Waals surface area contributed by atoms with Crippen LogP contribution >= 0.6 is 0 Å². The van der Waals surface area contributed by atoms with Crippen LogP contribution in [0.4, 0.5) is 0 Å². The van der Waals surface area contributed by atoms with Gasteiger partial charge < -0.3 is 9.47 Å². The third-order valence-corrected chi connectivity index (χ3v) is 9.23. The minimum atomic E-state index is -0.248. The van der Waals surface area contributed by atoms with E-state index in [1.54, 1.807) is 0 Å². The van der Waals surface area contributed by atoms with E-state index in [0.29, 0.717) is 5.84 Å². The van der Waals surface area contributed by atoms with Crippen molar-refractivity contribution in [3.63, 3.8) is 0 Å². The molecule has 3 heterocycles. The van der Waals surface area contributed by atoms with Crippen LogP contribution < -0.4 is 0 Å². The van der Waals surface area contributed by atoms with E-state index in [1.165, 1.54) is 10.8 Å². The van der Waals surface area contributed by atoms with Crippen molar-refractivity contribution in [1.82, 2.24) is 14.5 Å². The van der Waals surface area contributed by atoms with Crippen LogP contribution in [0, 0.1) is 0 Å². The average molecular weight is 618 g/mol. The first-order valence-corrected chi connectivity index (χ1v) is 16.2. The quantitative estimate of drug-likeness (QED) is 0.193. The molecule has 0 bridgehead atoms. The first-order valence-electron chi connectivity index (χ1n) is 16.2. The maximum atomic E-state index is 5.47. The predicted molar refractivity (Wildman–Crippen MR) is 198 cm³/mol. The van der Waals surface area contributed by atoms with Gasteiger partial charge in [0.2, 0.25) is 0 Å². The first-order chi connectivity index (χ1) is 23.8. The van der Waals surface area contributed by atoms with E-state index in [0.717, 1.165) is 61.4 Å². The lowest BCUT2D eigenvalue weighted by Gasteiger charge is -2.33. The Bertz CT molecular complexity index is 2510. The highest BCUT2D eigenvalue weighted by Gasteiger charge is 2.29. The molecule has 0 saturated carbocycles. The minimum absolute atomic E-state index is 0.248. The van der Waals surface area contributed by atoms with Crippen molar-refractivity contribution in [2.24, 2.45) is 9.98 Å². The molecule has 2 aromatic heterocycles. The Kier molecular flexibility index (Phi) is 6.68. The minimum Gasteiger partial charge on any atom is -0.333 e. The summed E-state index contributed by atoms with van der Waals surface area (Å²) in [6.45, 7) is 0. The Morgan fingerprint density at radius 2 is 1.17 bits per heavy atom. The van der Waals surface area contributed by atoms with Crippen LogP contribution in [0.3, 0.4) is 0 Å². The zero-order valence-corrected chi connectivity index (χ0v) is 26.4. The van der Waals surface area contributed by atoms with Crippen molar-refractivity contribution in [1.29, 1.82) is 0 Å². The third kappa shape index (κ3) is 4.51. The van der Waals surface area contributed by atoms with Gasteiger partial charge >= 0.3 is 0 Å². The van der Waals surface area contributed by atoms with E-state index in [2.05, 4.69) is 156 Å². The normalized spacial score (nSPS) is 14.8. The predicted octanol–water partition coefficient (Wildman–Crippen LogP) is 9.84. The van der Waals surface area contributed by atoms with Gasteiger partial charge in [-0.15, -0.1) is 0 Å². The van der Waals surface area contributed by atoms with Crippen LogP contribution in [0.1, 0.15) is 22.9 Å². The van der Waals surface area contributed by atoms with Gasteiger partial charge in [0.05, 0.1) is 22.2 Å². The van der Waals surface area contributed by atoms with Gasteiger partial charge in [-0.05, 0) is 29.8 Å². The molecule has 1 aliphatic heterocycles. The Labute approximate surface area is 278 Å². The topological polar surface area (TPSA) is 45.8 Å². The van der Waals surface area contributed by atoms with Crippen molar-refractivity contribution in [2.75, 3.05) is 7.05 Å². The molecule has 0 aliphatic carbocycles. The lowest BCUT2D eigenvalue weighted by atomic mass is 9.97. The third-order valence-electron chi connectivity index (χ3n) is 9.23. The molecule has 5 heteroatoms. The Morgan fingerprint density at radius 1 is 0.562 bits per heavy atom. The molecule has 0 radical (unpaired) electrons. The summed E-state index contributed by atoms with van der Waals surface area (Å²) >= 11 is 0.